The molecule has 1 heterocycles. The van der Waals surface area contributed by atoms with E-state index in [4.69, 9.17) is 29.3 Å². The van der Waals surface area contributed by atoms with Gasteiger partial charge in [-0.3, -0.25) is 4.90 Å². The van der Waals surface area contributed by atoms with E-state index in [1.807, 2.05) is 18.2 Å². The lowest BCUT2D eigenvalue weighted by Crippen LogP contribution is -2.47. The molecule has 27 heavy (non-hydrogen) atoms. The second-order valence-electron chi connectivity index (χ2n) is 5.74. The van der Waals surface area contributed by atoms with Crippen molar-refractivity contribution in [3.8, 4) is 11.5 Å². The van der Waals surface area contributed by atoms with Crippen LogP contribution >= 0.6 is 0 Å². The highest BCUT2D eigenvalue weighted by atomic mass is 32.2. The SMILES string of the molecule is COc1ccc(CN2CCN(S(C)(=O)=O)CC2)cc1OC.O=C(O)C(=O)O. The highest BCUT2D eigenvalue weighted by Gasteiger charge is 2.23. The molecule has 0 spiro atoms. The van der Waals surface area contributed by atoms with Crippen LogP contribution in [-0.4, -0.2) is 86.4 Å². The van der Waals surface area contributed by atoms with Crippen LogP contribution in [0.1, 0.15) is 5.56 Å². The molecule has 0 unspecified atom stereocenters. The fourth-order valence-corrected chi connectivity index (χ4v) is 3.28. The third-order valence-electron chi connectivity index (χ3n) is 3.84. The van der Waals surface area contributed by atoms with E-state index >= 15 is 0 Å². The van der Waals surface area contributed by atoms with Gasteiger partial charge in [-0.15, -0.1) is 0 Å². The van der Waals surface area contributed by atoms with Crippen LogP contribution in [0.15, 0.2) is 18.2 Å². The maximum Gasteiger partial charge on any atom is 0.414 e. The number of sulfonamides is 1. The summed E-state index contributed by atoms with van der Waals surface area (Å²) in [6.07, 6.45) is 1.26. The topological polar surface area (TPSA) is 134 Å². The molecule has 11 heteroatoms. The maximum atomic E-state index is 11.5. The summed E-state index contributed by atoms with van der Waals surface area (Å²) in [5, 5.41) is 14.8. The first-order valence-electron chi connectivity index (χ1n) is 7.93. The molecule has 1 aliphatic heterocycles. The molecule has 2 N–H and O–H groups in total. The molecular weight excluding hydrogens is 380 g/mol. The summed E-state index contributed by atoms with van der Waals surface area (Å²) < 4.78 is 35.0. The van der Waals surface area contributed by atoms with E-state index in [-0.39, 0.29) is 0 Å². The summed E-state index contributed by atoms with van der Waals surface area (Å²) in [6.45, 7) is 3.35. The van der Waals surface area contributed by atoms with E-state index in [1.165, 1.54) is 10.6 Å². The van der Waals surface area contributed by atoms with Gasteiger partial charge < -0.3 is 19.7 Å². The van der Waals surface area contributed by atoms with Crippen molar-refractivity contribution in [3.63, 3.8) is 0 Å². The Hall–Kier alpha value is -2.37. The first-order chi connectivity index (χ1) is 12.6. The minimum Gasteiger partial charge on any atom is -0.493 e. The zero-order chi connectivity index (χ0) is 20.6. The quantitative estimate of drug-likeness (QED) is 0.647. The first-order valence-corrected chi connectivity index (χ1v) is 9.78. The average molecular weight is 404 g/mol. The lowest BCUT2D eigenvalue weighted by molar-refractivity contribution is -0.159. The van der Waals surface area contributed by atoms with Crippen molar-refractivity contribution >= 4 is 22.0 Å². The van der Waals surface area contributed by atoms with E-state index in [0.29, 0.717) is 24.6 Å². The summed E-state index contributed by atoms with van der Waals surface area (Å²) in [6, 6.07) is 5.85. The third kappa shape index (κ3) is 7.41. The van der Waals surface area contributed by atoms with Gasteiger partial charge in [0.2, 0.25) is 10.0 Å². The highest BCUT2D eigenvalue weighted by molar-refractivity contribution is 7.88. The van der Waals surface area contributed by atoms with Crippen LogP contribution in [0.25, 0.3) is 0 Å². The van der Waals surface area contributed by atoms with Crippen LogP contribution in [0.4, 0.5) is 0 Å². The second kappa shape index (κ2) is 10.1. The first kappa shape index (κ1) is 22.7. The van der Waals surface area contributed by atoms with Gasteiger partial charge >= 0.3 is 11.9 Å². The van der Waals surface area contributed by atoms with Gasteiger partial charge in [-0.25, -0.2) is 18.0 Å². The zero-order valence-electron chi connectivity index (χ0n) is 15.4. The Kier molecular flexibility index (Phi) is 8.47. The van der Waals surface area contributed by atoms with E-state index in [9.17, 15) is 8.42 Å². The Morgan fingerprint density at radius 1 is 1.00 bits per heavy atom. The Balaban J connectivity index is 0.000000527. The number of hydrogen-bond donors (Lipinski definition) is 2. The number of carboxylic acids is 2. The summed E-state index contributed by atoms with van der Waals surface area (Å²) in [5.41, 5.74) is 1.13. The molecule has 10 nitrogen and oxygen atoms in total. The van der Waals surface area contributed by atoms with E-state index < -0.39 is 22.0 Å². The Morgan fingerprint density at radius 2 is 1.52 bits per heavy atom. The third-order valence-corrected chi connectivity index (χ3v) is 5.14. The number of aliphatic carboxylic acids is 2. The standard InChI is InChI=1S/C14H22N2O4S.C2H2O4/c1-19-13-5-4-12(10-14(13)20-2)11-15-6-8-16(9-7-15)21(3,17)18;3-1(4)2(5)6/h4-5,10H,6-9,11H2,1-3H3;(H,3,4)(H,5,6). The average Bonchev–Trinajstić information content (AvgIpc) is 2.61. The van der Waals surface area contributed by atoms with Gasteiger partial charge in [0.1, 0.15) is 0 Å². The molecule has 0 aliphatic carbocycles. The van der Waals surface area contributed by atoms with Crippen LogP contribution in [0.3, 0.4) is 0 Å². The van der Waals surface area contributed by atoms with Crippen molar-refractivity contribution in [2.45, 2.75) is 6.54 Å². The second-order valence-corrected chi connectivity index (χ2v) is 7.72. The number of ether oxygens (including phenoxy) is 2. The van der Waals surface area contributed by atoms with Crippen molar-refractivity contribution < 1.29 is 37.7 Å². The molecule has 0 amide bonds. The Labute approximate surface area is 157 Å². The monoisotopic (exact) mass is 404 g/mol. The van der Waals surface area contributed by atoms with Crippen molar-refractivity contribution in [1.29, 1.82) is 0 Å². The molecule has 0 saturated carbocycles. The lowest BCUT2D eigenvalue weighted by atomic mass is 10.1. The summed E-state index contributed by atoms with van der Waals surface area (Å²) in [5.74, 6) is -2.22. The van der Waals surface area contributed by atoms with E-state index in [1.54, 1.807) is 14.2 Å². The van der Waals surface area contributed by atoms with Gasteiger partial charge in [0.15, 0.2) is 11.5 Å². The molecule has 152 valence electrons. The molecule has 0 atom stereocenters. The van der Waals surface area contributed by atoms with E-state index in [0.717, 1.165) is 25.2 Å². The number of benzene rings is 1. The minimum atomic E-state index is -3.07. The normalized spacial score (nSPS) is 15.4. The number of methoxy groups -OCH3 is 2. The summed E-state index contributed by atoms with van der Waals surface area (Å²) >= 11 is 0. The fourth-order valence-electron chi connectivity index (χ4n) is 2.46. The molecule has 1 aromatic rings. The van der Waals surface area contributed by atoms with E-state index in [2.05, 4.69) is 4.90 Å². The molecule has 0 bridgehead atoms. The fraction of sp³-hybridized carbons (Fsp3) is 0.500. The van der Waals surface area contributed by atoms with Gasteiger partial charge in [-0.2, -0.15) is 4.31 Å². The predicted molar refractivity (Wildman–Crippen MR) is 96.5 cm³/mol. The molecule has 1 aliphatic rings. The van der Waals surface area contributed by atoms with Crippen molar-refractivity contribution in [3.05, 3.63) is 23.8 Å². The van der Waals surface area contributed by atoms with Crippen molar-refractivity contribution in [2.75, 3.05) is 46.7 Å². The maximum absolute atomic E-state index is 11.5. The summed E-state index contributed by atoms with van der Waals surface area (Å²) in [4.78, 5) is 20.4. The lowest BCUT2D eigenvalue weighted by Gasteiger charge is -2.33. The van der Waals surface area contributed by atoms with Crippen LogP contribution in [0, 0.1) is 0 Å². The van der Waals surface area contributed by atoms with Crippen LogP contribution in [-0.2, 0) is 26.2 Å². The molecule has 1 fully saturated rings. The molecule has 0 radical (unpaired) electrons. The van der Waals surface area contributed by atoms with Crippen molar-refractivity contribution in [1.82, 2.24) is 9.21 Å². The van der Waals surface area contributed by atoms with Crippen LogP contribution < -0.4 is 9.47 Å². The smallest absolute Gasteiger partial charge is 0.414 e. The molecule has 0 aromatic heterocycles. The number of hydrogen-bond acceptors (Lipinski definition) is 7. The minimum absolute atomic E-state index is 0.548. The number of piperazine rings is 1. The Morgan fingerprint density at radius 3 is 1.93 bits per heavy atom. The van der Waals surface area contributed by atoms with Crippen LogP contribution in [0.2, 0.25) is 0 Å². The van der Waals surface area contributed by atoms with Crippen molar-refractivity contribution in [2.24, 2.45) is 0 Å². The highest BCUT2D eigenvalue weighted by Crippen LogP contribution is 2.28. The Bertz CT molecular complexity index is 746. The van der Waals surface area contributed by atoms with Gasteiger partial charge in [-0.1, -0.05) is 6.07 Å². The van der Waals surface area contributed by atoms with Gasteiger partial charge in [0, 0.05) is 32.7 Å². The largest absolute Gasteiger partial charge is 0.493 e. The van der Waals surface area contributed by atoms with Gasteiger partial charge in [-0.05, 0) is 17.7 Å². The summed E-state index contributed by atoms with van der Waals surface area (Å²) in [7, 11) is 0.159. The molecule has 2 rings (SSSR count). The zero-order valence-corrected chi connectivity index (χ0v) is 16.2. The van der Waals surface area contributed by atoms with Crippen LogP contribution in [0.5, 0.6) is 11.5 Å². The number of carbonyl (C=O) groups is 2. The number of nitrogens with zero attached hydrogens (tertiary/aromatic N) is 2. The molecular formula is C16H24N2O8S. The molecule has 1 saturated heterocycles. The van der Waals surface area contributed by atoms with Gasteiger partial charge in [0.25, 0.3) is 0 Å². The predicted octanol–water partition coefficient (Wildman–Crippen LogP) is -0.0634. The molecule has 1 aromatic carbocycles. The van der Waals surface area contributed by atoms with Gasteiger partial charge in [0.05, 0.1) is 20.5 Å². The number of carboxylic acid groups (broad SMARTS) is 2. The number of rotatable bonds is 5.